The van der Waals surface area contributed by atoms with E-state index in [1.54, 1.807) is 0 Å². The molecule has 2 aromatic carbocycles. The Hall–Kier alpha value is -1.77. The van der Waals surface area contributed by atoms with Crippen molar-refractivity contribution in [3.8, 4) is 5.75 Å². The molecule has 0 heterocycles. The largest absolute Gasteiger partial charge is 0.493 e. The number of rotatable bonds is 11. The number of nitrogens with two attached hydrogens (primary N) is 1. The van der Waals surface area contributed by atoms with Gasteiger partial charge in [-0.05, 0) is 48.2 Å². The Morgan fingerprint density at radius 1 is 1.16 bits per heavy atom. The van der Waals surface area contributed by atoms with Gasteiger partial charge in [0, 0.05) is 4.47 Å². The standard InChI is InChI=1S/C21H22BrF3NO4P/c22-17-6-3-15(4-7-17)2-1-11-29-19-8-5-16(12-18(19)21(23,24)25)9-10-20(26,13-27)14-30-31-28/h3-10,12,27H,1-2,11,13-14,26H2. The van der Waals surface area contributed by atoms with Gasteiger partial charge in [-0.15, -0.1) is 0 Å². The van der Waals surface area contributed by atoms with Crippen LogP contribution in [0.2, 0.25) is 0 Å². The Labute approximate surface area is 188 Å². The first kappa shape index (κ1) is 25.5. The van der Waals surface area contributed by atoms with Crippen molar-refractivity contribution in [2.45, 2.75) is 24.6 Å². The van der Waals surface area contributed by atoms with Crippen LogP contribution in [-0.4, -0.2) is 30.5 Å². The zero-order valence-electron chi connectivity index (χ0n) is 16.4. The summed E-state index contributed by atoms with van der Waals surface area (Å²) >= 11 is 3.35. The highest BCUT2D eigenvalue weighted by molar-refractivity contribution is 9.10. The summed E-state index contributed by atoms with van der Waals surface area (Å²) in [5.74, 6) is -0.255. The molecule has 31 heavy (non-hydrogen) atoms. The van der Waals surface area contributed by atoms with Crippen molar-refractivity contribution in [1.82, 2.24) is 0 Å². The van der Waals surface area contributed by atoms with Crippen LogP contribution in [0.1, 0.15) is 23.1 Å². The van der Waals surface area contributed by atoms with Crippen LogP contribution >= 0.6 is 24.6 Å². The van der Waals surface area contributed by atoms with E-state index in [1.807, 2.05) is 24.3 Å². The fourth-order valence-corrected chi connectivity index (χ4v) is 3.22. The first-order valence-corrected chi connectivity index (χ1v) is 10.8. The molecule has 168 valence electrons. The molecule has 2 rings (SSSR count). The van der Waals surface area contributed by atoms with Crippen LogP contribution in [-0.2, 0) is 21.7 Å². The van der Waals surface area contributed by atoms with Gasteiger partial charge in [-0.1, -0.05) is 46.3 Å². The second-order valence-corrected chi connectivity index (χ2v) is 8.23. The normalized spacial score (nSPS) is 14.1. The number of benzene rings is 2. The Morgan fingerprint density at radius 3 is 2.48 bits per heavy atom. The minimum atomic E-state index is -4.60. The van der Waals surface area contributed by atoms with E-state index < -0.39 is 32.6 Å². The third kappa shape index (κ3) is 8.35. The van der Waals surface area contributed by atoms with E-state index in [1.165, 1.54) is 24.3 Å². The quantitative estimate of drug-likeness (QED) is 0.306. The number of hydrogen-bond acceptors (Lipinski definition) is 5. The smallest absolute Gasteiger partial charge is 0.419 e. The van der Waals surface area contributed by atoms with Crippen LogP contribution in [0.25, 0.3) is 6.08 Å². The van der Waals surface area contributed by atoms with E-state index in [0.717, 1.165) is 16.1 Å². The maximum absolute atomic E-state index is 13.5. The second-order valence-electron chi connectivity index (χ2n) is 6.90. The van der Waals surface area contributed by atoms with Crippen LogP contribution in [0.5, 0.6) is 5.75 Å². The minimum absolute atomic E-state index is 0.135. The fourth-order valence-electron chi connectivity index (χ4n) is 2.66. The number of hydrogen-bond donors (Lipinski definition) is 2. The van der Waals surface area contributed by atoms with Crippen molar-refractivity contribution in [2.24, 2.45) is 5.73 Å². The van der Waals surface area contributed by atoms with Gasteiger partial charge < -0.3 is 15.6 Å². The zero-order valence-corrected chi connectivity index (χ0v) is 18.9. The molecule has 0 aromatic heterocycles. The topological polar surface area (TPSA) is 81.8 Å². The molecule has 5 nitrogen and oxygen atoms in total. The van der Waals surface area contributed by atoms with E-state index in [9.17, 15) is 22.8 Å². The van der Waals surface area contributed by atoms with Gasteiger partial charge in [0.1, 0.15) is 5.75 Å². The molecule has 0 saturated carbocycles. The van der Waals surface area contributed by atoms with Gasteiger partial charge >= 0.3 is 14.9 Å². The maximum Gasteiger partial charge on any atom is 0.419 e. The predicted molar refractivity (Wildman–Crippen MR) is 116 cm³/mol. The zero-order chi connectivity index (χ0) is 22.9. The van der Waals surface area contributed by atoms with Crippen molar-refractivity contribution in [3.05, 3.63) is 69.7 Å². The molecule has 0 bridgehead atoms. The Kier molecular flexibility index (Phi) is 9.65. The lowest BCUT2D eigenvalue weighted by Crippen LogP contribution is -2.45. The highest BCUT2D eigenvalue weighted by atomic mass is 79.9. The van der Waals surface area contributed by atoms with Gasteiger partial charge in [0.25, 0.3) is 0 Å². The summed E-state index contributed by atoms with van der Waals surface area (Å²) in [6, 6.07) is 11.4. The number of aryl methyl sites for hydroxylation is 1. The summed E-state index contributed by atoms with van der Waals surface area (Å²) in [7, 11) is -0.610. The van der Waals surface area contributed by atoms with Gasteiger partial charge in [0.05, 0.1) is 30.9 Å². The number of aliphatic hydroxyl groups is 1. The van der Waals surface area contributed by atoms with E-state index in [0.29, 0.717) is 12.8 Å². The predicted octanol–water partition coefficient (Wildman–Crippen LogP) is 5.41. The van der Waals surface area contributed by atoms with Crippen LogP contribution < -0.4 is 10.5 Å². The average Bonchev–Trinajstić information content (AvgIpc) is 2.75. The Morgan fingerprint density at radius 2 is 1.87 bits per heavy atom. The van der Waals surface area contributed by atoms with Crippen LogP contribution in [0, 0.1) is 0 Å². The summed E-state index contributed by atoms with van der Waals surface area (Å²) in [6.07, 6.45) is -0.710. The van der Waals surface area contributed by atoms with Gasteiger partial charge in [-0.25, -0.2) is 4.57 Å². The molecule has 0 fully saturated rings. The van der Waals surface area contributed by atoms with E-state index in [4.69, 9.17) is 10.5 Å². The van der Waals surface area contributed by atoms with Crippen LogP contribution in [0.15, 0.2) is 53.0 Å². The molecule has 1 atom stereocenters. The summed E-state index contributed by atoms with van der Waals surface area (Å²) in [5.41, 5.74) is 4.87. The summed E-state index contributed by atoms with van der Waals surface area (Å²) in [5, 5.41) is 9.37. The second kappa shape index (κ2) is 11.7. The van der Waals surface area contributed by atoms with E-state index in [2.05, 4.69) is 20.5 Å². The third-order valence-electron chi connectivity index (χ3n) is 4.38. The highest BCUT2D eigenvalue weighted by Crippen LogP contribution is 2.37. The van der Waals surface area contributed by atoms with Crippen molar-refractivity contribution in [3.63, 3.8) is 0 Å². The molecule has 0 aliphatic rings. The number of halogens is 4. The summed E-state index contributed by atoms with van der Waals surface area (Å²) in [4.78, 5) is 0. The average molecular weight is 520 g/mol. The van der Waals surface area contributed by atoms with E-state index >= 15 is 0 Å². The lowest BCUT2D eigenvalue weighted by atomic mass is 10.0. The van der Waals surface area contributed by atoms with E-state index in [-0.39, 0.29) is 24.5 Å². The first-order valence-electron chi connectivity index (χ1n) is 9.29. The molecule has 0 radical (unpaired) electrons. The molecule has 10 heteroatoms. The minimum Gasteiger partial charge on any atom is -0.493 e. The fraction of sp³-hybridized carbons (Fsp3) is 0.333. The number of aliphatic hydroxyl groups excluding tert-OH is 1. The SMILES string of the molecule is NC(C=Cc1ccc(OCCCc2ccc(Br)cc2)c(C(F)(F)F)c1)(CO)COP=O. The van der Waals surface area contributed by atoms with Gasteiger partial charge in [0.2, 0.25) is 0 Å². The van der Waals surface area contributed by atoms with Crippen molar-refractivity contribution < 1.29 is 32.1 Å². The van der Waals surface area contributed by atoms with Crippen LogP contribution in [0.3, 0.4) is 0 Å². The van der Waals surface area contributed by atoms with Crippen molar-refractivity contribution >= 4 is 30.7 Å². The van der Waals surface area contributed by atoms with Gasteiger partial charge in [0.15, 0.2) is 0 Å². The Balaban J connectivity index is 2.07. The van der Waals surface area contributed by atoms with Crippen molar-refractivity contribution in [1.29, 1.82) is 0 Å². The summed E-state index contributed by atoms with van der Waals surface area (Å²) in [6.45, 7) is -0.669. The molecule has 0 spiro atoms. The van der Waals surface area contributed by atoms with Crippen LogP contribution in [0.4, 0.5) is 13.2 Å². The highest BCUT2D eigenvalue weighted by Gasteiger charge is 2.34. The van der Waals surface area contributed by atoms with Gasteiger partial charge in [-0.3, -0.25) is 4.52 Å². The van der Waals surface area contributed by atoms with Crippen molar-refractivity contribution in [2.75, 3.05) is 19.8 Å². The molecule has 3 N–H and O–H groups in total. The lowest BCUT2D eigenvalue weighted by Gasteiger charge is -2.21. The molecule has 0 aliphatic carbocycles. The lowest BCUT2D eigenvalue weighted by molar-refractivity contribution is -0.139. The van der Waals surface area contributed by atoms with Gasteiger partial charge in [-0.2, -0.15) is 13.2 Å². The molecular weight excluding hydrogens is 498 g/mol. The third-order valence-corrected chi connectivity index (χ3v) is 5.14. The molecule has 0 aliphatic heterocycles. The molecule has 0 saturated heterocycles. The molecule has 0 amide bonds. The number of ether oxygens (including phenoxy) is 1. The molecule has 2 aromatic rings. The summed E-state index contributed by atoms with van der Waals surface area (Å²) < 4.78 is 62.0. The first-order chi connectivity index (χ1) is 14.7. The molecule has 1 unspecified atom stereocenters. The molecular formula is C21H22BrF3NO4P. The monoisotopic (exact) mass is 519 g/mol. The Bertz CT molecular complexity index is 893. The maximum atomic E-state index is 13.5. The number of alkyl halides is 3.